The molecule has 0 saturated heterocycles. The van der Waals surface area contributed by atoms with Gasteiger partial charge in [-0.3, -0.25) is 0 Å². The average molecular weight is 311 g/mol. The minimum Gasteiger partial charge on any atom is -0.237 e. The molecule has 18 heavy (non-hydrogen) atoms. The van der Waals surface area contributed by atoms with Crippen LogP contribution in [-0.4, -0.2) is 9.78 Å². The third-order valence-electron chi connectivity index (χ3n) is 3.25. The zero-order valence-electron chi connectivity index (χ0n) is 10.8. The van der Waals surface area contributed by atoms with Gasteiger partial charge in [0.25, 0.3) is 0 Å². The molecular formula is C14H16BrFN2. The van der Waals surface area contributed by atoms with Gasteiger partial charge >= 0.3 is 0 Å². The van der Waals surface area contributed by atoms with Crippen LogP contribution in [0.1, 0.15) is 29.4 Å². The van der Waals surface area contributed by atoms with Gasteiger partial charge in [-0.05, 0) is 38.0 Å². The molecule has 0 N–H and O–H groups in total. The van der Waals surface area contributed by atoms with E-state index in [2.05, 4.69) is 28.0 Å². The number of nitrogens with zero attached hydrogens (tertiary/aromatic N) is 2. The fourth-order valence-corrected chi connectivity index (χ4v) is 2.85. The predicted molar refractivity (Wildman–Crippen MR) is 75.0 cm³/mol. The monoisotopic (exact) mass is 310 g/mol. The van der Waals surface area contributed by atoms with Crippen LogP contribution in [0.5, 0.6) is 0 Å². The Balaban J connectivity index is 2.66. The molecule has 4 heteroatoms. The minimum absolute atomic E-state index is 0.199. The Labute approximate surface area is 115 Å². The summed E-state index contributed by atoms with van der Waals surface area (Å²) in [4.78, 5) is 0. The summed E-state index contributed by atoms with van der Waals surface area (Å²) in [7, 11) is 0. The third-order valence-corrected chi connectivity index (χ3v) is 3.81. The Bertz CT molecular complexity index is 575. The molecule has 0 saturated carbocycles. The number of hydrogen-bond donors (Lipinski definition) is 0. The van der Waals surface area contributed by atoms with Gasteiger partial charge in [-0.15, -0.1) is 0 Å². The summed E-state index contributed by atoms with van der Waals surface area (Å²) >= 11 is 3.34. The summed E-state index contributed by atoms with van der Waals surface area (Å²) in [6.07, 6.45) is 0.941. The van der Waals surface area contributed by atoms with Crippen molar-refractivity contribution < 1.29 is 4.39 Å². The normalized spacial score (nSPS) is 10.9. The van der Waals surface area contributed by atoms with E-state index in [0.29, 0.717) is 10.9 Å². The Kier molecular flexibility index (Phi) is 3.85. The Hall–Kier alpha value is -1.16. The average Bonchev–Trinajstić information content (AvgIpc) is 2.64. The molecule has 0 atom stereocenters. The van der Waals surface area contributed by atoms with Crippen LogP contribution in [0.25, 0.3) is 5.69 Å². The third kappa shape index (κ3) is 2.09. The highest BCUT2D eigenvalue weighted by Crippen LogP contribution is 2.24. The number of rotatable bonds is 3. The maximum Gasteiger partial charge on any atom is 0.129 e. The van der Waals surface area contributed by atoms with Crippen LogP contribution in [0.2, 0.25) is 0 Å². The van der Waals surface area contributed by atoms with Gasteiger partial charge in [0.15, 0.2) is 0 Å². The second-order valence-electron chi connectivity index (χ2n) is 4.29. The maximum atomic E-state index is 13.8. The first-order valence-corrected chi connectivity index (χ1v) is 7.11. The predicted octanol–water partition coefficient (Wildman–Crippen LogP) is 4.09. The Morgan fingerprint density at radius 2 is 2.00 bits per heavy atom. The first-order chi connectivity index (χ1) is 8.60. The minimum atomic E-state index is -0.199. The van der Waals surface area contributed by atoms with Crippen molar-refractivity contribution in [3.63, 3.8) is 0 Å². The first-order valence-electron chi connectivity index (χ1n) is 5.99. The van der Waals surface area contributed by atoms with Crippen molar-refractivity contribution in [3.05, 3.63) is 46.5 Å². The summed E-state index contributed by atoms with van der Waals surface area (Å²) in [6, 6.07) is 5.10. The van der Waals surface area contributed by atoms with Gasteiger partial charge < -0.3 is 0 Å². The summed E-state index contributed by atoms with van der Waals surface area (Å²) in [5.41, 5.74) is 4.79. The molecule has 1 heterocycles. The molecule has 1 aromatic heterocycles. The molecule has 0 amide bonds. The van der Waals surface area contributed by atoms with Crippen molar-refractivity contribution in [1.29, 1.82) is 0 Å². The first kappa shape index (κ1) is 13.3. The number of aryl methyl sites for hydroxylation is 1. The number of aromatic nitrogens is 2. The van der Waals surface area contributed by atoms with Crippen LogP contribution < -0.4 is 0 Å². The van der Waals surface area contributed by atoms with Crippen molar-refractivity contribution in [2.24, 2.45) is 0 Å². The SMILES string of the molecule is CCc1c(C)nn(-c2cccc(F)c2CBr)c1C. The van der Waals surface area contributed by atoms with Gasteiger partial charge in [0, 0.05) is 16.6 Å². The molecule has 2 nitrogen and oxygen atoms in total. The molecule has 0 spiro atoms. The summed E-state index contributed by atoms with van der Waals surface area (Å²) in [5.74, 6) is -0.199. The largest absolute Gasteiger partial charge is 0.237 e. The van der Waals surface area contributed by atoms with Crippen molar-refractivity contribution in [1.82, 2.24) is 9.78 Å². The van der Waals surface area contributed by atoms with Crippen molar-refractivity contribution in [3.8, 4) is 5.69 Å². The molecule has 2 aromatic rings. The van der Waals surface area contributed by atoms with E-state index in [-0.39, 0.29) is 5.82 Å². The van der Waals surface area contributed by atoms with Gasteiger partial charge in [-0.25, -0.2) is 9.07 Å². The standard InChI is InChI=1S/C14H16BrFN2/c1-4-11-9(2)17-18(10(11)3)14-7-5-6-13(16)12(14)8-15/h5-7H,4,8H2,1-3H3. The molecule has 0 radical (unpaired) electrons. The Morgan fingerprint density at radius 1 is 1.28 bits per heavy atom. The van der Waals surface area contributed by atoms with Gasteiger partial charge in [0.05, 0.1) is 11.4 Å². The molecular weight excluding hydrogens is 295 g/mol. The van der Waals surface area contributed by atoms with Crippen LogP contribution in [0.3, 0.4) is 0 Å². The number of alkyl halides is 1. The van der Waals surface area contributed by atoms with E-state index in [1.165, 1.54) is 11.6 Å². The van der Waals surface area contributed by atoms with E-state index in [4.69, 9.17) is 0 Å². The number of hydrogen-bond acceptors (Lipinski definition) is 1. The van der Waals surface area contributed by atoms with E-state index < -0.39 is 0 Å². The summed E-state index contributed by atoms with van der Waals surface area (Å²) in [5, 5.41) is 5.01. The molecule has 0 aliphatic carbocycles. The molecule has 0 bridgehead atoms. The van der Waals surface area contributed by atoms with Gasteiger partial charge in [0.1, 0.15) is 5.82 Å². The fourth-order valence-electron chi connectivity index (χ4n) is 2.30. The second-order valence-corrected chi connectivity index (χ2v) is 4.85. The molecule has 0 fully saturated rings. The molecule has 1 aromatic carbocycles. The second kappa shape index (κ2) is 5.22. The molecule has 0 aliphatic heterocycles. The van der Waals surface area contributed by atoms with Gasteiger partial charge in [0.2, 0.25) is 0 Å². The topological polar surface area (TPSA) is 17.8 Å². The summed E-state index contributed by atoms with van der Waals surface area (Å²) in [6.45, 7) is 6.13. The zero-order valence-corrected chi connectivity index (χ0v) is 12.4. The highest BCUT2D eigenvalue weighted by atomic mass is 79.9. The molecule has 96 valence electrons. The van der Waals surface area contributed by atoms with Gasteiger partial charge in [-0.2, -0.15) is 5.10 Å². The van der Waals surface area contributed by atoms with Crippen LogP contribution in [0.15, 0.2) is 18.2 Å². The zero-order chi connectivity index (χ0) is 13.3. The van der Waals surface area contributed by atoms with Crippen LogP contribution >= 0.6 is 15.9 Å². The van der Waals surface area contributed by atoms with Gasteiger partial charge in [-0.1, -0.05) is 28.9 Å². The van der Waals surface area contributed by atoms with Crippen LogP contribution in [-0.2, 0) is 11.8 Å². The molecule has 0 unspecified atom stereocenters. The lowest BCUT2D eigenvalue weighted by Crippen LogP contribution is -2.04. The molecule has 2 rings (SSSR count). The quantitative estimate of drug-likeness (QED) is 0.781. The maximum absolute atomic E-state index is 13.8. The van der Waals surface area contributed by atoms with Crippen molar-refractivity contribution in [2.45, 2.75) is 32.5 Å². The fraction of sp³-hybridized carbons (Fsp3) is 0.357. The lowest BCUT2D eigenvalue weighted by Gasteiger charge is -2.10. The van der Waals surface area contributed by atoms with E-state index >= 15 is 0 Å². The summed E-state index contributed by atoms with van der Waals surface area (Å²) < 4.78 is 15.6. The molecule has 0 aliphatic rings. The van der Waals surface area contributed by atoms with E-state index in [9.17, 15) is 4.39 Å². The highest BCUT2D eigenvalue weighted by molar-refractivity contribution is 9.08. The van der Waals surface area contributed by atoms with Crippen molar-refractivity contribution >= 4 is 15.9 Å². The van der Waals surface area contributed by atoms with E-state index in [0.717, 1.165) is 23.5 Å². The van der Waals surface area contributed by atoms with Crippen LogP contribution in [0.4, 0.5) is 4.39 Å². The highest BCUT2D eigenvalue weighted by Gasteiger charge is 2.15. The number of halogens is 2. The Morgan fingerprint density at radius 3 is 2.56 bits per heavy atom. The van der Waals surface area contributed by atoms with E-state index in [1.807, 2.05) is 24.6 Å². The lowest BCUT2D eigenvalue weighted by molar-refractivity contribution is 0.614. The smallest absolute Gasteiger partial charge is 0.129 e. The van der Waals surface area contributed by atoms with E-state index in [1.54, 1.807) is 6.07 Å². The lowest BCUT2D eigenvalue weighted by atomic mass is 10.1. The van der Waals surface area contributed by atoms with Crippen molar-refractivity contribution in [2.75, 3.05) is 0 Å². The van der Waals surface area contributed by atoms with Crippen LogP contribution in [0, 0.1) is 19.7 Å². The number of benzene rings is 1.